The van der Waals surface area contributed by atoms with E-state index in [9.17, 15) is 19.0 Å². The zero-order valence-electron chi connectivity index (χ0n) is 62.9. The Morgan fingerprint density at radius 3 is 0.915 bits per heavy atom. The highest BCUT2D eigenvalue weighted by molar-refractivity contribution is 7.45. The maximum Gasteiger partial charge on any atom is 0.306 e. The van der Waals surface area contributed by atoms with Crippen LogP contribution in [0.4, 0.5) is 0 Å². The molecule has 9 nitrogen and oxygen atoms in total. The average molecular weight is 1340 g/mol. The van der Waals surface area contributed by atoms with Crippen molar-refractivity contribution >= 4 is 19.8 Å². The molecule has 0 aliphatic heterocycles. The van der Waals surface area contributed by atoms with Gasteiger partial charge in [-0.05, 0) is 83.5 Å². The van der Waals surface area contributed by atoms with Crippen LogP contribution in [0.15, 0.2) is 72.9 Å². The van der Waals surface area contributed by atoms with Crippen molar-refractivity contribution in [3.05, 3.63) is 72.9 Å². The molecule has 0 bridgehead atoms. The Kier molecular flexibility index (Phi) is 72.6. The molecule has 0 radical (unpaired) electrons. The number of unbranched alkanes of at least 4 members (excludes halogenated alkanes) is 50. The highest BCUT2D eigenvalue weighted by Crippen LogP contribution is 2.38. The van der Waals surface area contributed by atoms with Crippen molar-refractivity contribution in [2.24, 2.45) is 0 Å². The second-order valence-corrected chi connectivity index (χ2v) is 30.2. The van der Waals surface area contributed by atoms with E-state index in [1.807, 2.05) is 21.1 Å². The van der Waals surface area contributed by atoms with Crippen molar-refractivity contribution < 1.29 is 42.1 Å². The van der Waals surface area contributed by atoms with Crippen molar-refractivity contribution in [2.75, 3.05) is 47.5 Å². The Hall–Kier alpha value is -2.55. The standard InChI is InChI=1S/C84H156NO8P/c1-6-8-10-12-14-16-18-20-22-24-26-28-30-32-34-36-38-40-41-42-43-45-46-48-50-52-54-56-58-60-62-64-66-68-70-72-74-76-83(86)90-80-82(81-92-94(88,89)91-79-78-85(3,4)5)93-84(87)77-75-73-71-69-67-65-63-61-59-57-55-53-51-49-47-44-39-37-35-33-31-29-27-25-23-21-19-17-15-13-11-9-7-2/h9,11,15,17,21,23-24,26-27,29,33,35,82H,6-8,10,12-14,16,18-20,22,25,28,30-32,34,36-81H2,1-5H3/b11-9-,17-15-,23-21-,26-24-,29-27-,35-33-. The Balaban J connectivity index is 3.91. The van der Waals surface area contributed by atoms with Gasteiger partial charge in [0.25, 0.3) is 7.82 Å². The van der Waals surface area contributed by atoms with E-state index < -0.39 is 26.5 Å². The van der Waals surface area contributed by atoms with E-state index in [0.29, 0.717) is 17.4 Å². The molecule has 0 aliphatic rings. The fourth-order valence-electron chi connectivity index (χ4n) is 12.0. The van der Waals surface area contributed by atoms with Crippen molar-refractivity contribution in [3.63, 3.8) is 0 Å². The van der Waals surface area contributed by atoms with Gasteiger partial charge in [0.2, 0.25) is 0 Å². The second-order valence-electron chi connectivity index (χ2n) is 28.8. The summed E-state index contributed by atoms with van der Waals surface area (Å²) in [7, 11) is 1.18. The summed E-state index contributed by atoms with van der Waals surface area (Å²) in [6.07, 6.45) is 102. The highest BCUT2D eigenvalue weighted by atomic mass is 31.2. The minimum absolute atomic E-state index is 0.0297. The first-order valence-electron chi connectivity index (χ1n) is 40.6. The van der Waals surface area contributed by atoms with Gasteiger partial charge in [-0.15, -0.1) is 0 Å². The van der Waals surface area contributed by atoms with E-state index in [0.717, 1.165) is 70.6 Å². The summed E-state index contributed by atoms with van der Waals surface area (Å²) in [5.74, 6) is -0.813. The summed E-state index contributed by atoms with van der Waals surface area (Å²) < 4.78 is 34.4. The van der Waals surface area contributed by atoms with Crippen LogP contribution in [0, 0.1) is 0 Å². The van der Waals surface area contributed by atoms with Crippen LogP contribution in [0.2, 0.25) is 0 Å². The molecule has 0 saturated carbocycles. The fourth-order valence-corrected chi connectivity index (χ4v) is 12.8. The maximum absolute atomic E-state index is 12.9. The molecule has 94 heavy (non-hydrogen) atoms. The summed E-state index contributed by atoms with van der Waals surface area (Å²) in [6, 6.07) is 0. The van der Waals surface area contributed by atoms with E-state index in [2.05, 4.69) is 86.8 Å². The number of ether oxygens (including phenoxy) is 2. The van der Waals surface area contributed by atoms with Gasteiger partial charge in [-0.25, -0.2) is 0 Å². The molecule has 0 heterocycles. The predicted molar refractivity (Wildman–Crippen MR) is 406 cm³/mol. The number of hydrogen-bond acceptors (Lipinski definition) is 8. The van der Waals surface area contributed by atoms with Crippen molar-refractivity contribution in [3.8, 4) is 0 Å². The Bertz CT molecular complexity index is 1820. The van der Waals surface area contributed by atoms with Gasteiger partial charge >= 0.3 is 11.9 Å². The number of hydrogen-bond donors (Lipinski definition) is 0. The fraction of sp³-hybridized carbons (Fsp3) is 0.833. The van der Waals surface area contributed by atoms with Gasteiger partial charge < -0.3 is 27.9 Å². The quantitative estimate of drug-likeness (QED) is 0.0195. The number of phosphoric acid groups is 1. The van der Waals surface area contributed by atoms with Crippen molar-refractivity contribution in [1.29, 1.82) is 0 Å². The van der Waals surface area contributed by atoms with Crippen LogP contribution in [0.25, 0.3) is 0 Å². The molecule has 0 spiro atoms. The number of phosphoric ester groups is 1. The van der Waals surface area contributed by atoms with Gasteiger partial charge in [0.1, 0.15) is 19.8 Å². The normalized spacial score (nSPS) is 13.4. The molecule has 2 atom stereocenters. The molecule has 0 aliphatic carbocycles. The molecule has 0 fully saturated rings. The number of carbonyl (C=O) groups excluding carboxylic acids is 2. The van der Waals surface area contributed by atoms with Gasteiger partial charge in [-0.3, -0.25) is 14.2 Å². The van der Waals surface area contributed by atoms with Gasteiger partial charge in [0, 0.05) is 12.8 Å². The van der Waals surface area contributed by atoms with E-state index in [-0.39, 0.29) is 32.0 Å². The Morgan fingerprint density at radius 1 is 0.340 bits per heavy atom. The SMILES string of the molecule is CC/C=C\C/C=C\C/C=C\C/C=C\C/C=C\CCCCCCCCCCCCCCCCCCCC(=O)OC(COC(=O)CCCCCCCCCCCCCCCCCCCCCCCCCCC/C=C\CCCCCCCCCC)COP(=O)([O-])OCC[N+](C)(C)C. The van der Waals surface area contributed by atoms with Crippen molar-refractivity contribution in [1.82, 2.24) is 0 Å². The zero-order valence-corrected chi connectivity index (χ0v) is 63.8. The Morgan fingerprint density at radius 2 is 0.606 bits per heavy atom. The lowest BCUT2D eigenvalue weighted by Gasteiger charge is -2.28. The molecule has 0 saturated heterocycles. The van der Waals surface area contributed by atoms with Crippen LogP contribution in [-0.4, -0.2) is 70.0 Å². The first-order valence-corrected chi connectivity index (χ1v) is 42.1. The first-order chi connectivity index (χ1) is 46.0. The number of carbonyl (C=O) groups is 2. The lowest BCUT2D eigenvalue weighted by atomic mass is 10.0. The van der Waals surface area contributed by atoms with Gasteiger partial charge in [0.15, 0.2) is 6.10 Å². The summed E-state index contributed by atoms with van der Waals surface area (Å²) in [4.78, 5) is 38.2. The van der Waals surface area contributed by atoms with Gasteiger partial charge in [0.05, 0.1) is 27.7 Å². The van der Waals surface area contributed by atoms with Crippen LogP contribution in [0.5, 0.6) is 0 Å². The molecule has 0 aromatic carbocycles. The van der Waals surface area contributed by atoms with Crippen LogP contribution in [-0.2, 0) is 32.7 Å². The minimum atomic E-state index is -4.65. The van der Waals surface area contributed by atoms with E-state index >= 15 is 0 Å². The third kappa shape index (κ3) is 78.4. The number of rotatable bonds is 76. The van der Waals surface area contributed by atoms with Gasteiger partial charge in [-0.1, -0.05) is 376 Å². The maximum atomic E-state index is 12.9. The molecule has 10 heteroatoms. The predicted octanol–water partition coefficient (Wildman–Crippen LogP) is 26.4. The van der Waals surface area contributed by atoms with Crippen LogP contribution < -0.4 is 4.89 Å². The number of nitrogens with zero attached hydrogens (tertiary/aromatic N) is 1. The molecule has 0 aromatic rings. The largest absolute Gasteiger partial charge is 0.756 e. The number of likely N-dealkylation sites (N-methyl/N-ethyl adjacent to an activating group) is 1. The molecular weight excluding hydrogens is 1180 g/mol. The smallest absolute Gasteiger partial charge is 0.306 e. The summed E-state index contributed by atoms with van der Waals surface area (Å²) in [5.41, 5.74) is 0. The van der Waals surface area contributed by atoms with E-state index in [4.69, 9.17) is 18.5 Å². The summed E-state index contributed by atoms with van der Waals surface area (Å²) in [6.45, 7) is 4.19. The van der Waals surface area contributed by atoms with Crippen LogP contribution >= 0.6 is 7.82 Å². The zero-order chi connectivity index (χ0) is 68.3. The Labute approximate surface area is 584 Å². The average Bonchev–Trinajstić information content (AvgIpc) is 1.56. The molecule has 0 rings (SSSR count). The third-order valence-corrected chi connectivity index (χ3v) is 19.2. The first kappa shape index (κ1) is 91.4. The third-order valence-electron chi connectivity index (χ3n) is 18.2. The molecular formula is C84H156NO8P. The van der Waals surface area contributed by atoms with Gasteiger partial charge in [-0.2, -0.15) is 0 Å². The molecule has 0 N–H and O–H groups in total. The monoisotopic (exact) mass is 1340 g/mol. The lowest BCUT2D eigenvalue weighted by Crippen LogP contribution is -2.37. The number of allylic oxidation sites excluding steroid dienone is 12. The number of esters is 2. The molecule has 0 amide bonds. The van der Waals surface area contributed by atoms with E-state index in [1.165, 1.54) is 295 Å². The lowest BCUT2D eigenvalue weighted by molar-refractivity contribution is -0.870. The number of quaternary nitrogens is 1. The topological polar surface area (TPSA) is 111 Å². The second kappa shape index (κ2) is 74.7. The molecule has 0 aromatic heterocycles. The molecule has 2 unspecified atom stereocenters. The van der Waals surface area contributed by atoms with E-state index in [1.54, 1.807) is 0 Å². The highest BCUT2D eigenvalue weighted by Gasteiger charge is 2.22. The molecule has 550 valence electrons. The minimum Gasteiger partial charge on any atom is -0.756 e. The summed E-state index contributed by atoms with van der Waals surface area (Å²) in [5, 5.41) is 0. The van der Waals surface area contributed by atoms with Crippen LogP contribution in [0.1, 0.15) is 399 Å². The summed E-state index contributed by atoms with van der Waals surface area (Å²) >= 11 is 0. The van der Waals surface area contributed by atoms with Crippen molar-refractivity contribution in [2.45, 2.75) is 405 Å². The van der Waals surface area contributed by atoms with Crippen LogP contribution in [0.3, 0.4) is 0 Å².